The molecular weight excluding hydrogens is 420 g/mol. The van der Waals surface area contributed by atoms with E-state index < -0.39 is 10.0 Å². The van der Waals surface area contributed by atoms with Crippen LogP contribution in [0.25, 0.3) is 11.0 Å². The first-order valence-electron chi connectivity index (χ1n) is 9.99. The zero-order valence-corrected chi connectivity index (χ0v) is 19.5. The molecule has 9 heteroatoms. The number of imidazole rings is 1. The zero-order chi connectivity index (χ0) is 21.9. The van der Waals surface area contributed by atoms with Crippen LogP contribution in [0.3, 0.4) is 0 Å². The van der Waals surface area contributed by atoms with Crippen molar-refractivity contribution in [1.82, 2.24) is 18.8 Å². The van der Waals surface area contributed by atoms with E-state index in [0.717, 1.165) is 16.2 Å². The number of sulfonamides is 1. The molecule has 0 radical (unpaired) electrons. The Morgan fingerprint density at radius 2 is 1.93 bits per heavy atom. The third kappa shape index (κ3) is 4.58. The molecule has 2 heterocycles. The minimum atomic E-state index is -3.53. The van der Waals surface area contributed by atoms with Crippen molar-refractivity contribution in [2.75, 3.05) is 20.1 Å². The highest BCUT2D eigenvalue weighted by Gasteiger charge is 2.23. The molecular formula is C21H28N4O3S2. The molecule has 0 aliphatic heterocycles. The van der Waals surface area contributed by atoms with Gasteiger partial charge in [0, 0.05) is 44.9 Å². The van der Waals surface area contributed by atoms with Gasteiger partial charge in [-0.05, 0) is 29.6 Å². The van der Waals surface area contributed by atoms with Gasteiger partial charge in [-0.15, -0.1) is 11.3 Å². The Morgan fingerprint density at radius 1 is 1.20 bits per heavy atom. The molecule has 0 saturated heterocycles. The molecule has 30 heavy (non-hydrogen) atoms. The number of carbonyl (C=O) groups excluding carboxylic acids is 1. The van der Waals surface area contributed by atoms with E-state index in [1.54, 1.807) is 41.5 Å². The Morgan fingerprint density at radius 3 is 2.57 bits per heavy atom. The minimum absolute atomic E-state index is 0.0558. The number of hydrogen-bond acceptors (Lipinski definition) is 5. The lowest BCUT2D eigenvalue weighted by atomic mass is 10.2. The van der Waals surface area contributed by atoms with Gasteiger partial charge in [-0.2, -0.15) is 4.31 Å². The van der Waals surface area contributed by atoms with Gasteiger partial charge in [0.15, 0.2) is 0 Å². The van der Waals surface area contributed by atoms with Crippen molar-refractivity contribution in [1.29, 1.82) is 0 Å². The lowest BCUT2D eigenvalue weighted by Gasteiger charge is -2.18. The minimum Gasteiger partial charge on any atom is -0.341 e. The summed E-state index contributed by atoms with van der Waals surface area (Å²) in [5, 5.41) is 2.00. The van der Waals surface area contributed by atoms with Crippen LogP contribution >= 0.6 is 11.3 Å². The van der Waals surface area contributed by atoms with Gasteiger partial charge in [0.05, 0.1) is 22.5 Å². The van der Waals surface area contributed by atoms with Crippen molar-refractivity contribution < 1.29 is 13.2 Å². The van der Waals surface area contributed by atoms with Crippen molar-refractivity contribution >= 4 is 38.3 Å². The molecule has 162 valence electrons. The molecule has 7 nitrogen and oxygen atoms in total. The third-order valence-electron chi connectivity index (χ3n) is 5.25. The topological polar surface area (TPSA) is 75.5 Å². The molecule has 0 bridgehead atoms. The van der Waals surface area contributed by atoms with Crippen LogP contribution < -0.4 is 0 Å². The molecule has 2 aromatic heterocycles. The maximum atomic E-state index is 12.8. The third-order valence-corrected chi connectivity index (χ3v) is 8.16. The van der Waals surface area contributed by atoms with Crippen molar-refractivity contribution in [3.05, 3.63) is 46.4 Å². The van der Waals surface area contributed by atoms with E-state index in [1.165, 1.54) is 4.31 Å². The molecule has 1 aromatic carbocycles. The van der Waals surface area contributed by atoms with Crippen LogP contribution in [0.1, 0.15) is 31.0 Å². The lowest BCUT2D eigenvalue weighted by molar-refractivity contribution is -0.130. The Hall–Kier alpha value is -2.23. The van der Waals surface area contributed by atoms with Crippen molar-refractivity contribution in [2.45, 2.75) is 38.1 Å². The zero-order valence-electron chi connectivity index (χ0n) is 17.8. The summed E-state index contributed by atoms with van der Waals surface area (Å²) in [4.78, 5) is 20.2. The number of nitrogens with zero attached hydrogens (tertiary/aromatic N) is 4. The lowest BCUT2D eigenvalue weighted by Crippen LogP contribution is -2.30. The highest BCUT2D eigenvalue weighted by Crippen LogP contribution is 2.23. The molecule has 0 fully saturated rings. The first-order valence-corrected chi connectivity index (χ1v) is 12.3. The normalized spacial score (nSPS) is 12.0. The number of thiophene rings is 1. The van der Waals surface area contributed by atoms with E-state index >= 15 is 0 Å². The number of aryl methyl sites for hydroxylation is 2. The fraction of sp³-hybridized carbons (Fsp3) is 0.429. The number of benzene rings is 1. The molecule has 0 unspecified atom stereocenters. The Labute approximate surface area is 182 Å². The van der Waals surface area contributed by atoms with Crippen LogP contribution in [0.5, 0.6) is 0 Å². The molecule has 0 atom stereocenters. The van der Waals surface area contributed by atoms with Gasteiger partial charge in [0.2, 0.25) is 15.9 Å². The van der Waals surface area contributed by atoms with Crippen LogP contribution in [0.15, 0.2) is 40.6 Å². The highest BCUT2D eigenvalue weighted by atomic mass is 32.2. The fourth-order valence-corrected chi connectivity index (χ4v) is 5.70. The van der Waals surface area contributed by atoms with Crippen LogP contribution in [0.4, 0.5) is 0 Å². The number of aromatic nitrogens is 2. The van der Waals surface area contributed by atoms with Gasteiger partial charge in [0.25, 0.3) is 0 Å². The molecule has 0 saturated carbocycles. The van der Waals surface area contributed by atoms with Gasteiger partial charge in [0.1, 0.15) is 5.82 Å². The average molecular weight is 449 g/mol. The molecule has 0 aliphatic carbocycles. The summed E-state index contributed by atoms with van der Waals surface area (Å²) < 4.78 is 28.9. The first kappa shape index (κ1) is 22.5. The van der Waals surface area contributed by atoms with Crippen molar-refractivity contribution in [3.8, 4) is 0 Å². The Balaban J connectivity index is 1.76. The summed E-state index contributed by atoms with van der Waals surface area (Å²) in [6, 6.07) is 9.03. The molecule has 0 N–H and O–H groups in total. The van der Waals surface area contributed by atoms with Crippen molar-refractivity contribution in [3.63, 3.8) is 0 Å². The van der Waals surface area contributed by atoms with Crippen molar-refractivity contribution in [2.24, 2.45) is 7.05 Å². The van der Waals surface area contributed by atoms with Crippen LogP contribution in [0.2, 0.25) is 0 Å². The van der Waals surface area contributed by atoms with E-state index in [2.05, 4.69) is 4.98 Å². The van der Waals surface area contributed by atoms with Gasteiger partial charge in [-0.25, -0.2) is 13.4 Å². The maximum Gasteiger partial charge on any atom is 0.243 e. The van der Waals surface area contributed by atoms with Gasteiger partial charge in [-0.1, -0.05) is 19.9 Å². The highest BCUT2D eigenvalue weighted by molar-refractivity contribution is 7.89. The summed E-state index contributed by atoms with van der Waals surface area (Å²) >= 11 is 1.63. The first-order chi connectivity index (χ1) is 14.3. The summed E-state index contributed by atoms with van der Waals surface area (Å²) in [5.41, 5.74) is 1.48. The molecule has 3 rings (SSSR count). The quantitative estimate of drug-likeness (QED) is 0.504. The number of carbonyl (C=O) groups is 1. The monoisotopic (exact) mass is 448 g/mol. The largest absolute Gasteiger partial charge is 0.341 e. The van der Waals surface area contributed by atoms with E-state index in [0.29, 0.717) is 38.0 Å². The number of amides is 1. The Kier molecular flexibility index (Phi) is 6.95. The summed E-state index contributed by atoms with van der Waals surface area (Å²) in [5.74, 6) is 0.820. The summed E-state index contributed by atoms with van der Waals surface area (Å²) in [6.07, 6.45) is 0.848. The van der Waals surface area contributed by atoms with Gasteiger partial charge in [-0.3, -0.25) is 4.79 Å². The van der Waals surface area contributed by atoms with Crippen LogP contribution in [-0.4, -0.2) is 53.2 Å². The van der Waals surface area contributed by atoms with Crippen LogP contribution in [-0.2, 0) is 34.8 Å². The second-order valence-corrected chi connectivity index (χ2v) is 10.1. The van der Waals surface area contributed by atoms with E-state index in [1.807, 2.05) is 43.0 Å². The number of hydrogen-bond donors (Lipinski definition) is 0. The fourth-order valence-electron chi connectivity index (χ4n) is 3.46. The van der Waals surface area contributed by atoms with E-state index in [4.69, 9.17) is 0 Å². The Bertz CT molecular complexity index is 1120. The molecule has 0 aliphatic rings. The number of rotatable bonds is 9. The summed E-state index contributed by atoms with van der Waals surface area (Å²) in [7, 11) is 0.165. The molecule has 1 amide bonds. The van der Waals surface area contributed by atoms with Gasteiger partial charge >= 0.3 is 0 Å². The number of fused-ring (bicyclic) bond motifs is 1. The second-order valence-electron chi connectivity index (χ2n) is 7.16. The predicted octanol–water partition coefficient (Wildman–Crippen LogP) is 3.26. The second kappa shape index (κ2) is 9.28. The van der Waals surface area contributed by atoms with E-state index in [-0.39, 0.29) is 10.8 Å². The smallest absolute Gasteiger partial charge is 0.243 e. The average Bonchev–Trinajstić information content (AvgIpc) is 3.34. The maximum absolute atomic E-state index is 12.8. The molecule has 0 spiro atoms. The van der Waals surface area contributed by atoms with Crippen LogP contribution in [0, 0.1) is 0 Å². The standard InChI is InChI=1S/C21H28N4O3S2/c1-5-25(6-2)30(27,28)17-9-10-19-18(14-17)22-20(24(19)4)11-12-21(26)23(3)15-16-8-7-13-29-16/h7-10,13-14H,5-6,11-12,15H2,1-4H3. The summed E-state index contributed by atoms with van der Waals surface area (Å²) in [6.45, 7) is 5.10. The van der Waals surface area contributed by atoms with Gasteiger partial charge < -0.3 is 9.47 Å². The molecule has 3 aromatic rings. The SMILES string of the molecule is CCN(CC)S(=O)(=O)c1ccc2c(c1)nc(CCC(=O)N(C)Cc1cccs1)n2C. The predicted molar refractivity (Wildman–Crippen MR) is 120 cm³/mol. The van der Waals surface area contributed by atoms with E-state index in [9.17, 15) is 13.2 Å².